The average Bonchev–Trinajstić information content (AvgIpc) is 2.84. The summed E-state index contributed by atoms with van der Waals surface area (Å²) in [5, 5.41) is 4.25. The first kappa shape index (κ1) is 13.7. The van der Waals surface area contributed by atoms with Gasteiger partial charge in [0.05, 0.1) is 10.2 Å². The Morgan fingerprint density at radius 1 is 1.15 bits per heavy atom. The summed E-state index contributed by atoms with van der Waals surface area (Å²) in [6.07, 6.45) is 0. The molecule has 0 saturated heterocycles. The van der Waals surface area contributed by atoms with Crippen LogP contribution < -0.4 is 5.32 Å². The van der Waals surface area contributed by atoms with Crippen molar-refractivity contribution >= 4 is 37.5 Å². The number of thiazole rings is 1. The van der Waals surface area contributed by atoms with Gasteiger partial charge in [-0.05, 0) is 24.3 Å². The number of nitrogens with one attached hydrogen (secondary N) is 1. The van der Waals surface area contributed by atoms with E-state index in [1.165, 1.54) is 10.8 Å². The largest absolute Gasteiger partial charge is 0.306 e. The molecule has 0 aliphatic heterocycles. The zero-order chi connectivity index (χ0) is 13.9. The van der Waals surface area contributed by atoms with E-state index in [1.54, 1.807) is 17.4 Å². The van der Waals surface area contributed by atoms with Crippen LogP contribution in [0.15, 0.2) is 46.9 Å². The maximum atomic E-state index is 13.7. The fourth-order valence-electron chi connectivity index (χ4n) is 1.96. The van der Waals surface area contributed by atoms with Crippen molar-refractivity contribution in [2.75, 3.05) is 0 Å². The van der Waals surface area contributed by atoms with Gasteiger partial charge in [0.15, 0.2) is 0 Å². The Kier molecular flexibility index (Phi) is 4.10. The molecule has 102 valence electrons. The van der Waals surface area contributed by atoms with Crippen molar-refractivity contribution in [1.29, 1.82) is 0 Å². The van der Waals surface area contributed by atoms with E-state index in [0.717, 1.165) is 15.0 Å². The molecule has 0 aliphatic rings. The number of nitrogens with zero attached hydrogens (tertiary/aromatic N) is 1. The van der Waals surface area contributed by atoms with Gasteiger partial charge in [-0.3, -0.25) is 0 Å². The molecule has 0 spiro atoms. The number of rotatable bonds is 4. The predicted octanol–water partition coefficient (Wildman–Crippen LogP) is 4.49. The highest BCUT2D eigenvalue weighted by Gasteiger charge is 2.05. The molecule has 1 aromatic heterocycles. The molecule has 1 N–H and O–H groups in total. The van der Waals surface area contributed by atoms with Gasteiger partial charge in [-0.25, -0.2) is 9.37 Å². The Bertz CT molecular complexity index is 709. The SMILES string of the molecule is Fc1cc(Br)ccc1CNCc1nc2ccccc2s1. The molecule has 20 heavy (non-hydrogen) atoms. The van der Waals surface area contributed by atoms with Gasteiger partial charge < -0.3 is 5.32 Å². The van der Waals surface area contributed by atoms with Crippen LogP contribution in [0.5, 0.6) is 0 Å². The van der Waals surface area contributed by atoms with Gasteiger partial charge in [-0.2, -0.15) is 0 Å². The van der Waals surface area contributed by atoms with Gasteiger partial charge in [-0.15, -0.1) is 11.3 Å². The van der Waals surface area contributed by atoms with Crippen molar-refractivity contribution in [3.8, 4) is 0 Å². The van der Waals surface area contributed by atoms with E-state index in [-0.39, 0.29) is 5.82 Å². The Morgan fingerprint density at radius 3 is 2.80 bits per heavy atom. The Balaban J connectivity index is 1.64. The summed E-state index contributed by atoms with van der Waals surface area (Å²) < 4.78 is 15.6. The van der Waals surface area contributed by atoms with E-state index in [4.69, 9.17) is 0 Å². The normalized spacial score (nSPS) is 11.1. The van der Waals surface area contributed by atoms with Crippen molar-refractivity contribution in [1.82, 2.24) is 10.3 Å². The molecular formula is C15H12BrFN2S. The summed E-state index contributed by atoms with van der Waals surface area (Å²) in [5.74, 6) is -0.198. The van der Waals surface area contributed by atoms with Crippen molar-refractivity contribution in [2.24, 2.45) is 0 Å². The van der Waals surface area contributed by atoms with Crippen LogP contribution in [0.2, 0.25) is 0 Å². The van der Waals surface area contributed by atoms with Crippen molar-refractivity contribution in [3.05, 3.63) is 63.3 Å². The summed E-state index contributed by atoms with van der Waals surface area (Å²) in [5.41, 5.74) is 1.68. The molecule has 0 amide bonds. The number of hydrogen-bond acceptors (Lipinski definition) is 3. The van der Waals surface area contributed by atoms with Crippen molar-refractivity contribution in [2.45, 2.75) is 13.1 Å². The monoisotopic (exact) mass is 350 g/mol. The van der Waals surface area contributed by atoms with Gasteiger partial charge in [0, 0.05) is 23.1 Å². The van der Waals surface area contributed by atoms with Gasteiger partial charge in [0.2, 0.25) is 0 Å². The quantitative estimate of drug-likeness (QED) is 0.749. The number of fused-ring (bicyclic) bond motifs is 1. The van der Waals surface area contributed by atoms with Crippen LogP contribution in [0.4, 0.5) is 4.39 Å². The van der Waals surface area contributed by atoms with Crippen LogP contribution in [0.1, 0.15) is 10.6 Å². The lowest BCUT2D eigenvalue weighted by atomic mass is 10.2. The molecule has 0 unspecified atom stereocenters. The lowest BCUT2D eigenvalue weighted by molar-refractivity contribution is 0.587. The first-order valence-corrected chi connectivity index (χ1v) is 7.82. The van der Waals surface area contributed by atoms with Crippen LogP contribution in [0, 0.1) is 5.82 Å². The number of benzene rings is 2. The second-order valence-corrected chi connectivity index (χ2v) is 6.45. The predicted molar refractivity (Wildman–Crippen MR) is 84.3 cm³/mol. The molecule has 3 aromatic rings. The number of para-hydroxylation sites is 1. The fraction of sp³-hybridized carbons (Fsp3) is 0.133. The van der Waals surface area contributed by atoms with Crippen molar-refractivity contribution < 1.29 is 4.39 Å². The van der Waals surface area contributed by atoms with E-state index in [2.05, 4.69) is 32.3 Å². The molecule has 2 aromatic carbocycles. The van der Waals surface area contributed by atoms with Crippen LogP contribution >= 0.6 is 27.3 Å². The molecule has 0 aliphatic carbocycles. The average molecular weight is 351 g/mol. The smallest absolute Gasteiger partial charge is 0.128 e. The maximum Gasteiger partial charge on any atom is 0.128 e. The summed E-state index contributed by atoms with van der Waals surface area (Å²) >= 11 is 4.92. The molecule has 3 rings (SSSR count). The van der Waals surface area contributed by atoms with Gasteiger partial charge in [0.25, 0.3) is 0 Å². The van der Waals surface area contributed by atoms with E-state index in [9.17, 15) is 4.39 Å². The fourth-order valence-corrected chi connectivity index (χ4v) is 3.23. The number of hydrogen-bond donors (Lipinski definition) is 1. The summed E-state index contributed by atoms with van der Waals surface area (Å²) in [6, 6.07) is 13.2. The van der Waals surface area contributed by atoms with Gasteiger partial charge >= 0.3 is 0 Å². The summed E-state index contributed by atoms with van der Waals surface area (Å²) in [7, 11) is 0. The first-order valence-electron chi connectivity index (χ1n) is 6.21. The lowest BCUT2D eigenvalue weighted by Gasteiger charge is -2.04. The number of aromatic nitrogens is 1. The second-order valence-electron chi connectivity index (χ2n) is 4.41. The minimum Gasteiger partial charge on any atom is -0.306 e. The molecule has 2 nitrogen and oxygen atoms in total. The summed E-state index contributed by atoms with van der Waals surface area (Å²) in [4.78, 5) is 4.54. The van der Waals surface area contributed by atoms with Gasteiger partial charge in [0.1, 0.15) is 10.8 Å². The Morgan fingerprint density at radius 2 is 2.00 bits per heavy atom. The minimum absolute atomic E-state index is 0.198. The maximum absolute atomic E-state index is 13.7. The van der Waals surface area contributed by atoms with Gasteiger partial charge in [-0.1, -0.05) is 34.1 Å². The lowest BCUT2D eigenvalue weighted by Crippen LogP contribution is -2.13. The standard InChI is InChI=1S/C15H12BrFN2S/c16-11-6-5-10(12(17)7-11)8-18-9-15-19-13-3-1-2-4-14(13)20-15/h1-7,18H,8-9H2. The number of halogens is 2. The zero-order valence-electron chi connectivity index (χ0n) is 10.6. The summed E-state index contributed by atoms with van der Waals surface area (Å²) in [6.45, 7) is 1.14. The molecule has 0 fully saturated rings. The third-order valence-electron chi connectivity index (χ3n) is 2.94. The van der Waals surface area contributed by atoms with Crippen LogP contribution in [0.25, 0.3) is 10.2 Å². The van der Waals surface area contributed by atoms with E-state index < -0.39 is 0 Å². The Hall–Kier alpha value is -1.30. The molecular weight excluding hydrogens is 339 g/mol. The highest BCUT2D eigenvalue weighted by Crippen LogP contribution is 2.21. The zero-order valence-corrected chi connectivity index (χ0v) is 13.0. The van der Waals surface area contributed by atoms with Crippen molar-refractivity contribution in [3.63, 3.8) is 0 Å². The van der Waals surface area contributed by atoms with E-state index in [1.807, 2.05) is 24.3 Å². The van der Waals surface area contributed by atoms with Crippen LogP contribution in [0.3, 0.4) is 0 Å². The Labute approximate surface area is 128 Å². The van der Waals surface area contributed by atoms with E-state index >= 15 is 0 Å². The second kappa shape index (κ2) is 5.99. The molecule has 0 atom stereocenters. The van der Waals surface area contributed by atoms with E-state index in [0.29, 0.717) is 18.7 Å². The molecule has 5 heteroatoms. The molecule has 1 heterocycles. The highest BCUT2D eigenvalue weighted by molar-refractivity contribution is 9.10. The highest BCUT2D eigenvalue weighted by atomic mass is 79.9. The minimum atomic E-state index is -0.198. The molecule has 0 radical (unpaired) electrons. The third kappa shape index (κ3) is 3.06. The topological polar surface area (TPSA) is 24.9 Å². The van der Waals surface area contributed by atoms with Crippen LogP contribution in [-0.2, 0) is 13.1 Å². The first-order chi connectivity index (χ1) is 9.72. The third-order valence-corrected chi connectivity index (χ3v) is 4.47. The van der Waals surface area contributed by atoms with Crippen LogP contribution in [-0.4, -0.2) is 4.98 Å². The molecule has 0 saturated carbocycles. The molecule has 0 bridgehead atoms.